The SMILES string of the molecule is Cc1nccn1Cc1ccc(N=C(N)N)cc1. The molecule has 5 heteroatoms. The molecule has 0 fully saturated rings. The Morgan fingerprint density at radius 1 is 1.29 bits per heavy atom. The summed E-state index contributed by atoms with van der Waals surface area (Å²) in [6.07, 6.45) is 3.75. The maximum atomic E-state index is 5.31. The molecule has 0 amide bonds. The number of guanidine groups is 1. The van der Waals surface area contributed by atoms with Gasteiger partial charge in [-0.05, 0) is 24.6 Å². The Bertz CT molecular complexity index is 520. The van der Waals surface area contributed by atoms with Gasteiger partial charge in [0.25, 0.3) is 0 Å². The molecular formula is C12H15N5. The van der Waals surface area contributed by atoms with Gasteiger partial charge in [0.05, 0.1) is 5.69 Å². The van der Waals surface area contributed by atoms with Crippen LogP contribution in [-0.4, -0.2) is 15.5 Å². The van der Waals surface area contributed by atoms with Crippen molar-refractivity contribution in [2.75, 3.05) is 0 Å². The number of hydrogen-bond acceptors (Lipinski definition) is 2. The van der Waals surface area contributed by atoms with E-state index in [1.807, 2.05) is 37.4 Å². The van der Waals surface area contributed by atoms with Crippen LogP contribution in [0, 0.1) is 6.92 Å². The minimum absolute atomic E-state index is 0.0724. The zero-order chi connectivity index (χ0) is 12.3. The van der Waals surface area contributed by atoms with Crippen molar-refractivity contribution in [3.8, 4) is 0 Å². The molecule has 1 aromatic carbocycles. The third kappa shape index (κ3) is 2.84. The summed E-state index contributed by atoms with van der Waals surface area (Å²) < 4.78 is 2.08. The first kappa shape index (κ1) is 11.2. The van der Waals surface area contributed by atoms with Crippen LogP contribution in [0.3, 0.4) is 0 Å². The zero-order valence-corrected chi connectivity index (χ0v) is 9.67. The lowest BCUT2D eigenvalue weighted by molar-refractivity contribution is 0.762. The van der Waals surface area contributed by atoms with E-state index in [0.717, 1.165) is 18.1 Å². The van der Waals surface area contributed by atoms with Gasteiger partial charge in [0.15, 0.2) is 5.96 Å². The molecule has 1 heterocycles. The first-order valence-corrected chi connectivity index (χ1v) is 5.31. The van der Waals surface area contributed by atoms with Gasteiger partial charge in [-0.2, -0.15) is 0 Å². The average Bonchev–Trinajstić information content (AvgIpc) is 2.67. The molecular weight excluding hydrogens is 214 g/mol. The summed E-state index contributed by atoms with van der Waals surface area (Å²) in [6, 6.07) is 7.78. The second-order valence-electron chi connectivity index (χ2n) is 3.81. The van der Waals surface area contributed by atoms with Crippen molar-refractivity contribution in [2.45, 2.75) is 13.5 Å². The van der Waals surface area contributed by atoms with Crippen LogP contribution in [-0.2, 0) is 6.54 Å². The Balaban J connectivity index is 2.14. The van der Waals surface area contributed by atoms with Crippen LogP contribution in [0.1, 0.15) is 11.4 Å². The van der Waals surface area contributed by atoms with E-state index in [9.17, 15) is 0 Å². The molecule has 88 valence electrons. The number of aryl methyl sites for hydroxylation is 1. The molecule has 17 heavy (non-hydrogen) atoms. The van der Waals surface area contributed by atoms with Crippen molar-refractivity contribution in [1.29, 1.82) is 0 Å². The fraction of sp³-hybridized carbons (Fsp3) is 0.167. The Morgan fingerprint density at radius 2 is 2.00 bits per heavy atom. The molecule has 5 nitrogen and oxygen atoms in total. The van der Waals surface area contributed by atoms with Crippen molar-refractivity contribution in [2.24, 2.45) is 16.5 Å². The Hall–Kier alpha value is -2.30. The van der Waals surface area contributed by atoms with Crippen LogP contribution in [0.4, 0.5) is 5.69 Å². The van der Waals surface area contributed by atoms with Crippen LogP contribution >= 0.6 is 0 Å². The quantitative estimate of drug-likeness (QED) is 0.611. The van der Waals surface area contributed by atoms with Gasteiger partial charge >= 0.3 is 0 Å². The second kappa shape index (κ2) is 4.69. The molecule has 0 saturated carbocycles. The maximum Gasteiger partial charge on any atom is 0.191 e. The number of benzene rings is 1. The Morgan fingerprint density at radius 3 is 2.53 bits per heavy atom. The van der Waals surface area contributed by atoms with Crippen LogP contribution in [0.15, 0.2) is 41.7 Å². The minimum atomic E-state index is 0.0724. The van der Waals surface area contributed by atoms with Crippen LogP contribution < -0.4 is 11.5 Å². The molecule has 0 atom stereocenters. The smallest absolute Gasteiger partial charge is 0.191 e. The van der Waals surface area contributed by atoms with Crippen molar-refractivity contribution in [3.05, 3.63) is 48.0 Å². The first-order valence-electron chi connectivity index (χ1n) is 5.31. The summed E-state index contributed by atoms with van der Waals surface area (Å²) >= 11 is 0. The molecule has 1 aromatic heterocycles. The summed E-state index contributed by atoms with van der Waals surface area (Å²) in [6.45, 7) is 2.78. The number of imidazole rings is 1. The van der Waals surface area contributed by atoms with E-state index >= 15 is 0 Å². The maximum absolute atomic E-state index is 5.31. The summed E-state index contributed by atoms with van der Waals surface area (Å²) in [4.78, 5) is 8.15. The molecule has 4 N–H and O–H groups in total. The van der Waals surface area contributed by atoms with Crippen molar-refractivity contribution < 1.29 is 0 Å². The second-order valence-corrected chi connectivity index (χ2v) is 3.81. The van der Waals surface area contributed by atoms with Crippen LogP contribution in [0.2, 0.25) is 0 Å². The zero-order valence-electron chi connectivity index (χ0n) is 9.67. The predicted molar refractivity (Wildman–Crippen MR) is 68.0 cm³/mol. The van der Waals surface area contributed by atoms with Crippen LogP contribution in [0.25, 0.3) is 0 Å². The molecule has 0 radical (unpaired) electrons. The van der Waals surface area contributed by atoms with Crippen LogP contribution in [0.5, 0.6) is 0 Å². The molecule has 2 rings (SSSR count). The van der Waals surface area contributed by atoms with E-state index in [0.29, 0.717) is 0 Å². The lowest BCUT2D eigenvalue weighted by atomic mass is 10.2. The van der Waals surface area contributed by atoms with Crippen molar-refractivity contribution in [3.63, 3.8) is 0 Å². The standard InChI is InChI=1S/C12H15N5/c1-9-15-6-7-17(9)8-10-2-4-11(5-3-10)16-12(13)14/h2-7H,8H2,1H3,(H4,13,14,16). The number of nitrogens with zero attached hydrogens (tertiary/aromatic N) is 3. The van der Waals surface area contributed by atoms with E-state index in [4.69, 9.17) is 11.5 Å². The Labute approximate surface area is 99.8 Å². The van der Waals surface area contributed by atoms with Gasteiger partial charge in [0.1, 0.15) is 5.82 Å². The molecule has 0 unspecified atom stereocenters. The van der Waals surface area contributed by atoms with E-state index in [-0.39, 0.29) is 5.96 Å². The van der Waals surface area contributed by atoms with Gasteiger partial charge in [-0.3, -0.25) is 0 Å². The highest BCUT2D eigenvalue weighted by atomic mass is 15.0. The minimum Gasteiger partial charge on any atom is -0.370 e. The third-order valence-electron chi connectivity index (χ3n) is 2.47. The number of rotatable bonds is 3. The van der Waals surface area contributed by atoms with Crippen molar-refractivity contribution in [1.82, 2.24) is 9.55 Å². The fourth-order valence-electron chi connectivity index (χ4n) is 1.59. The number of hydrogen-bond donors (Lipinski definition) is 2. The van der Waals surface area contributed by atoms with E-state index < -0.39 is 0 Å². The highest BCUT2D eigenvalue weighted by Crippen LogP contribution is 2.13. The van der Waals surface area contributed by atoms with E-state index in [1.54, 1.807) is 6.20 Å². The first-order chi connectivity index (χ1) is 8.15. The lowest BCUT2D eigenvalue weighted by Crippen LogP contribution is -2.21. The van der Waals surface area contributed by atoms with Gasteiger partial charge < -0.3 is 16.0 Å². The Kier molecular flexibility index (Phi) is 3.09. The molecule has 0 aliphatic heterocycles. The summed E-state index contributed by atoms with van der Waals surface area (Å²) in [5.74, 6) is 1.07. The number of nitrogens with two attached hydrogens (primary N) is 2. The lowest BCUT2D eigenvalue weighted by Gasteiger charge is -2.05. The third-order valence-corrected chi connectivity index (χ3v) is 2.47. The summed E-state index contributed by atoms with van der Waals surface area (Å²) in [5.41, 5.74) is 12.6. The van der Waals surface area contributed by atoms with E-state index in [2.05, 4.69) is 14.5 Å². The molecule has 0 bridgehead atoms. The van der Waals surface area contributed by atoms with Gasteiger partial charge in [0.2, 0.25) is 0 Å². The molecule has 2 aromatic rings. The van der Waals surface area contributed by atoms with Gasteiger partial charge in [-0.15, -0.1) is 0 Å². The molecule has 0 aliphatic rings. The van der Waals surface area contributed by atoms with Gasteiger partial charge in [-0.25, -0.2) is 9.98 Å². The number of aliphatic imine (C=N–C) groups is 1. The topological polar surface area (TPSA) is 82.2 Å². The predicted octanol–water partition coefficient (Wildman–Crippen LogP) is 1.14. The monoisotopic (exact) mass is 229 g/mol. The molecule has 0 spiro atoms. The van der Waals surface area contributed by atoms with Gasteiger partial charge in [0, 0.05) is 18.9 Å². The summed E-state index contributed by atoms with van der Waals surface area (Å²) in [5, 5.41) is 0. The van der Waals surface area contributed by atoms with Crippen molar-refractivity contribution >= 4 is 11.6 Å². The normalized spacial score (nSPS) is 10.2. The molecule has 0 aliphatic carbocycles. The highest BCUT2D eigenvalue weighted by Gasteiger charge is 1.98. The largest absolute Gasteiger partial charge is 0.370 e. The fourth-order valence-corrected chi connectivity index (χ4v) is 1.59. The number of aromatic nitrogens is 2. The summed E-state index contributed by atoms with van der Waals surface area (Å²) in [7, 11) is 0. The van der Waals surface area contributed by atoms with E-state index in [1.165, 1.54) is 5.56 Å². The average molecular weight is 229 g/mol. The van der Waals surface area contributed by atoms with Gasteiger partial charge in [-0.1, -0.05) is 12.1 Å². The highest BCUT2D eigenvalue weighted by molar-refractivity contribution is 5.78. The molecule has 0 saturated heterocycles.